The molecule has 2 atom stereocenters. The van der Waals surface area contributed by atoms with Gasteiger partial charge in [-0.25, -0.2) is 0 Å². The van der Waals surface area contributed by atoms with Crippen LogP contribution in [0.2, 0.25) is 0 Å². The van der Waals surface area contributed by atoms with E-state index in [0.717, 1.165) is 30.6 Å². The van der Waals surface area contributed by atoms with Crippen molar-refractivity contribution in [1.82, 2.24) is 15.5 Å². The first kappa shape index (κ1) is 12.1. The van der Waals surface area contributed by atoms with Gasteiger partial charge >= 0.3 is 0 Å². The first-order valence-electron chi connectivity index (χ1n) is 7.60. The van der Waals surface area contributed by atoms with Crippen molar-refractivity contribution in [2.45, 2.75) is 25.3 Å². The number of piperidine rings is 2. The van der Waals surface area contributed by atoms with Gasteiger partial charge in [-0.2, -0.15) is 10.2 Å². The van der Waals surface area contributed by atoms with E-state index < -0.39 is 0 Å². The van der Waals surface area contributed by atoms with Gasteiger partial charge in [0, 0.05) is 24.5 Å². The molecule has 0 aliphatic carbocycles. The number of nitrogens with one attached hydrogen (secondary N) is 1. The Morgan fingerprint density at radius 1 is 1.20 bits per heavy atom. The third kappa shape index (κ3) is 2.04. The van der Waals surface area contributed by atoms with Crippen molar-refractivity contribution < 1.29 is 0 Å². The average Bonchev–Trinajstić information content (AvgIpc) is 2.54. The molecule has 1 aromatic heterocycles. The number of benzene rings is 1. The standard InChI is InChI=1S/C16H20N4/c1-2-6-15-13(5-1)16(10-18-19-15)20-9-7-14-12(11-20)4-3-8-17-14/h1-2,5-6,10,12,14,17H,3-4,7-9,11H2. The molecule has 4 rings (SSSR count). The van der Waals surface area contributed by atoms with Crippen molar-refractivity contribution >= 4 is 16.6 Å². The zero-order chi connectivity index (χ0) is 13.4. The van der Waals surface area contributed by atoms with Crippen LogP contribution in [0.3, 0.4) is 0 Å². The minimum Gasteiger partial charge on any atom is -0.369 e. The van der Waals surface area contributed by atoms with Gasteiger partial charge in [0.15, 0.2) is 0 Å². The smallest absolute Gasteiger partial charge is 0.0950 e. The second-order valence-electron chi connectivity index (χ2n) is 5.94. The summed E-state index contributed by atoms with van der Waals surface area (Å²) in [7, 11) is 0. The number of hydrogen-bond acceptors (Lipinski definition) is 4. The largest absolute Gasteiger partial charge is 0.369 e. The summed E-state index contributed by atoms with van der Waals surface area (Å²) in [4.78, 5) is 2.51. The predicted molar refractivity (Wildman–Crippen MR) is 80.9 cm³/mol. The Hall–Kier alpha value is -1.68. The summed E-state index contributed by atoms with van der Waals surface area (Å²) >= 11 is 0. The van der Waals surface area contributed by atoms with Gasteiger partial charge in [-0.05, 0) is 37.8 Å². The molecule has 2 fully saturated rings. The van der Waals surface area contributed by atoms with Crippen LogP contribution in [0.1, 0.15) is 19.3 Å². The lowest BCUT2D eigenvalue weighted by molar-refractivity contribution is 0.244. The Balaban J connectivity index is 1.66. The molecule has 104 valence electrons. The Labute approximate surface area is 119 Å². The lowest BCUT2D eigenvalue weighted by atomic mass is 9.85. The molecule has 3 heterocycles. The third-order valence-electron chi connectivity index (χ3n) is 4.76. The highest BCUT2D eigenvalue weighted by Gasteiger charge is 2.31. The van der Waals surface area contributed by atoms with Crippen LogP contribution in [0.15, 0.2) is 30.5 Å². The van der Waals surface area contributed by atoms with Crippen LogP contribution in [0.25, 0.3) is 10.9 Å². The fourth-order valence-corrected chi connectivity index (χ4v) is 3.71. The number of rotatable bonds is 1. The lowest BCUT2D eigenvalue weighted by Gasteiger charge is -2.42. The molecule has 1 aromatic carbocycles. The molecule has 0 bridgehead atoms. The number of aromatic nitrogens is 2. The second kappa shape index (κ2) is 5.02. The van der Waals surface area contributed by atoms with Gasteiger partial charge in [0.25, 0.3) is 0 Å². The first-order valence-corrected chi connectivity index (χ1v) is 7.60. The van der Waals surface area contributed by atoms with E-state index in [1.165, 1.54) is 36.9 Å². The van der Waals surface area contributed by atoms with Crippen LogP contribution in [0.4, 0.5) is 5.69 Å². The van der Waals surface area contributed by atoms with E-state index >= 15 is 0 Å². The normalized spacial score (nSPS) is 26.5. The minimum absolute atomic E-state index is 0.723. The summed E-state index contributed by atoms with van der Waals surface area (Å²) < 4.78 is 0. The molecular formula is C16H20N4. The van der Waals surface area contributed by atoms with Crippen LogP contribution in [-0.4, -0.2) is 35.9 Å². The fourth-order valence-electron chi connectivity index (χ4n) is 3.71. The molecule has 0 radical (unpaired) electrons. The summed E-state index contributed by atoms with van der Waals surface area (Å²) in [5, 5.41) is 13.3. The predicted octanol–water partition coefficient (Wildman–Crippen LogP) is 2.21. The Morgan fingerprint density at radius 3 is 3.15 bits per heavy atom. The topological polar surface area (TPSA) is 41.0 Å². The Kier molecular flexibility index (Phi) is 3.03. The molecule has 4 nitrogen and oxygen atoms in total. The van der Waals surface area contributed by atoms with Crippen molar-refractivity contribution in [3.05, 3.63) is 30.5 Å². The molecule has 0 spiro atoms. The van der Waals surface area contributed by atoms with E-state index in [-0.39, 0.29) is 0 Å². The molecule has 2 aliphatic heterocycles. The summed E-state index contributed by atoms with van der Waals surface area (Å²) in [6, 6.07) is 9.03. The van der Waals surface area contributed by atoms with Crippen LogP contribution >= 0.6 is 0 Å². The van der Waals surface area contributed by atoms with E-state index in [1.54, 1.807) is 0 Å². The van der Waals surface area contributed by atoms with Gasteiger partial charge in [-0.3, -0.25) is 0 Å². The fraction of sp³-hybridized carbons (Fsp3) is 0.500. The van der Waals surface area contributed by atoms with Gasteiger partial charge < -0.3 is 10.2 Å². The monoisotopic (exact) mass is 268 g/mol. The van der Waals surface area contributed by atoms with E-state index in [0.29, 0.717) is 0 Å². The van der Waals surface area contributed by atoms with E-state index in [1.807, 2.05) is 18.3 Å². The van der Waals surface area contributed by atoms with Crippen molar-refractivity contribution in [1.29, 1.82) is 0 Å². The molecule has 2 aliphatic rings. The summed E-state index contributed by atoms with van der Waals surface area (Å²) in [6.07, 6.45) is 5.83. The molecule has 1 N–H and O–H groups in total. The molecule has 2 unspecified atom stereocenters. The highest BCUT2D eigenvalue weighted by molar-refractivity contribution is 5.90. The SMILES string of the molecule is c1ccc2c(N3CCC4NCCCC4C3)cnnc2c1. The van der Waals surface area contributed by atoms with E-state index in [9.17, 15) is 0 Å². The van der Waals surface area contributed by atoms with Crippen LogP contribution in [-0.2, 0) is 0 Å². The van der Waals surface area contributed by atoms with Gasteiger partial charge in [0.2, 0.25) is 0 Å². The van der Waals surface area contributed by atoms with Gasteiger partial charge in [0.1, 0.15) is 0 Å². The van der Waals surface area contributed by atoms with Gasteiger partial charge in [-0.1, -0.05) is 18.2 Å². The maximum Gasteiger partial charge on any atom is 0.0950 e. The van der Waals surface area contributed by atoms with E-state index in [2.05, 4.69) is 32.5 Å². The zero-order valence-corrected chi connectivity index (χ0v) is 11.6. The molecule has 2 saturated heterocycles. The van der Waals surface area contributed by atoms with Crippen molar-refractivity contribution in [2.24, 2.45) is 5.92 Å². The number of fused-ring (bicyclic) bond motifs is 2. The van der Waals surface area contributed by atoms with Gasteiger partial charge in [-0.15, -0.1) is 0 Å². The van der Waals surface area contributed by atoms with Crippen molar-refractivity contribution in [3.8, 4) is 0 Å². The zero-order valence-electron chi connectivity index (χ0n) is 11.6. The maximum absolute atomic E-state index is 4.23. The second-order valence-corrected chi connectivity index (χ2v) is 5.94. The van der Waals surface area contributed by atoms with Crippen LogP contribution < -0.4 is 10.2 Å². The number of nitrogens with zero attached hydrogens (tertiary/aromatic N) is 3. The highest BCUT2D eigenvalue weighted by atomic mass is 15.2. The first-order chi connectivity index (χ1) is 9.92. The Bertz CT molecular complexity index is 607. The van der Waals surface area contributed by atoms with Crippen LogP contribution in [0, 0.1) is 5.92 Å². The lowest BCUT2D eigenvalue weighted by Crippen LogP contribution is -2.52. The maximum atomic E-state index is 4.23. The molecular weight excluding hydrogens is 248 g/mol. The minimum atomic E-state index is 0.723. The average molecular weight is 268 g/mol. The number of hydrogen-bond donors (Lipinski definition) is 1. The van der Waals surface area contributed by atoms with Crippen molar-refractivity contribution in [2.75, 3.05) is 24.5 Å². The van der Waals surface area contributed by atoms with Gasteiger partial charge in [0.05, 0.1) is 17.4 Å². The molecule has 2 aromatic rings. The molecule has 0 amide bonds. The quantitative estimate of drug-likeness (QED) is 0.861. The molecule has 0 saturated carbocycles. The third-order valence-corrected chi connectivity index (χ3v) is 4.76. The highest BCUT2D eigenvalue weighted by Crippen LogP contribution is 2.31. The number of anilines is 1. The van der Waals surface area contributed by atoms with Crippen molar-refractivity contribution in [3.63, 3.8) is 0 Å². The Morgan fingerprint density at radius 2 is 2.15 bits per heavy atom. The summed E-state index contributed by atoms with van der Waals surface area (Å²) in [5.41, 5.74) is 2.24. The van der Waals surface area contributed by atoms with Crippen LogP contribution in [0.5, 0.6) is 0 Å². The molecule has 20 heavy (non-hydrogen) atoms. The van der Waals surface area contributed by atoms with E-state index in [4.69, 9.17) is 0 Å². The summed E-state index contributed by atoms with van der Waals surface area (Å²) in [5.74, 6) is 0.782. The summed E-state index contributed by atoms with van der Waals surface area (Å²) in [6.45, 7) is 3.46. The molecule has 4 heteroatoms.